The molecule has 0 atom stereocenters. The van der Waals surface area contributed by atoms with Crippen LogP contribution in [-0.2, 0) is 17.3 Å². The van der Waals surface area contributed by atoms with Gasteiger partial charge in [0.2, 0.25) is 5.88 Å². The van der Waals surface area contributed by atoms with E-state index in [-0.39, 0.29) is 5.69 Å². The summed E-state index contributed by atoms with van der Waals surface area (Å²) in [4.78, 5) is 23.9. The van der Waals surface area contributed by atoms with Crippen molar-refractivity contribution < 1.29 is 27.4 Å². The molecule has 5 rings (SSSR count). The number of morpholine rings is 1. The van der Waals surface area contributed by atoms with Crippen LogP contribution in [0.2, 0.25) is 0 Å². The molecular weight excluding hydrogens is 487 g/mol. The van der Waals surface area contributed by atoms with Crippen LogP contribution in [0.3, 0.4) is 0 Å². The molecule has 0 saturated carbocycles. The van der Waals surface area contributed by atoms with Crippen molar-refractivity contribution in [3.05, 3.63) is 78.4 Å². The SMILES string of the molecule is O=C(Nc1cccc(C(F)(F)F)c1)n1ccc2cc(Oc3ccnc(CCN4CCOCC4)n3)ccc21. The molecule has 2 aromatic heterocycles. The average Bonchev–Trinajstić information content (AvgIpc) is 3.31. The summed E-state index contributed by atoms with van der Waals surface area (Å²) in [5.41, 5.74) is -0.209. The largest absolute Gasteiger partial charge is 0.439 e. The van der Waals surface area contributed by atoms with Crippen LogP contribution in [0.5, 0.6) is 11.6 Å². The molecule has 1 N–H and O–H groups in total. The number of rotatable bonds is 6. The first-order valence-electron chi connectivity index (χ1n) is 11.7. The van der Waals surface area contributed by atoms with Crippen LogP contribution < -0.4 is 10.1 Å². The molecule has 0 bridgehead atoms. The number of nitrogens with one attached hydrogen (secondary N) is 1. The highest BCUT2D eigenvalue weighted by molar-refractivity contribution is 5.98. The van der Waals surface area contributed by atoms with Crippen molar-refractivity contribution in [3.63, 3.8) is 0 Å². The van der Waals surface area contributed by atoms with Gasteiger partial charge in [-0.3, -0.25) is 9.47 Å². The lowest BCUT2D eigenvalue weighted by molar-refractivity contribution is -0.137. The number of amides is 1. The fourth-order valence-corrected chi connectivity index (χ4v) is 4.08. The molecule has 1 amide bonds. The Labute approximate surface area is 210 Å². The number of anilines is 1. The van der Waals surface area contributed by atoms with Crippen molar-refractivity contribution in [1.29, 1.82) is 0 Å². The zero-order valence-corrected chi connectivity index (χ0v) is 19.7. The number of ether oxygens (including phenoxy) is 2. The number of nitrogens with zero attached hydrogens (tertiary/aromatic N) is 4. The van der Waals surface area contributed by atoms with Gasteiger partial charge in [0, 0.05) is 55.6 Å². The van der Waals surface area contributed by atoms with Gasteiger partial charge in [0.1, 0.15) is 11.6 Å². The third-order valence-corrected chi connectivity index (χ3v) is 5.98. The Kier molecular flexibility index (Phi) is 7.06. The van der Waals surface area contributed by atoms with E-state index in [0.717, 1.165) is 50.4 Å². The number of carbonyl (C=O) groups excluding carboxylic acids is 1. The molecule has 1 saturated heterocycles. The van der Waals surface area contributed by atoms with Crippen molar-refractivity contribution in [2.24, 2.45) is 0 Å². The van der Waals surface area contributed by atoms with Gasteiger partial charge in [-0.1, -0.05) is 6.07 Å². The van der Waals surface area contributed by atoms with E-state index in [0.29, 0.717) is 29.4 Å². The van der Waals surface area contributed by atoms with Gasteiger partial charge in [0.15, 0.2) is 0 Å². The average molecular weight is 512 g/mol. The van der Waals surface area contributed by atoms with Crippen molar-refractivity contribution in [2.75, 3.05) is 38.2 Å². The van der Waals surface area contributed by atoms with E-state index in [4.69, 9.17) is 9.47 Å². The number of hydrogen-bond acceptors (Lipinski definition) is 6. The molecule has 0 unspecified atom stereocenters. The van der Waals surface area contributed by atoms with E-state index in [9.17, 15) is 18.0 Å². The molecule has 1 aliphatic rings. The van der Waals surface area contributed by atoms with Crippen LogP contribution in [0.1, 0.15) is 11.4 Å². The molecule has 0 spiro atoms. The van der Waals surface area contributed by atoms with Crippen LogP contribution in [0.4, 0.5) is 23.7 Å². The number of hydrogen-bond donors (Lipinski definition) is 1. The van der Waals surface area contributed by atoms with E-state index in [1.54, 1.807) is 42.7 Å². The Hall–Kier alpha value is -3.96. The fraction of sp³-hybridized carbons (Fsp3) is 0.269. The zero-order chi connectivity index (χ0) is 25.8. The first kappa shape index (κ1) is 24.7. The zero-order valence-electron chi connectivity index (χ0n) is 19.7. The van der Waals surface area contributed by atoms with Crippen molar-refractivity contribution in [3.8, 4) is 11.6 Å². The maximum atomic E-state index is 13.0. The summed E-state index contributed by atoms with van der Waals surface area (Å²) in [6, 6.07) is 12.5. The van der Waals surface area contributed by atoms with Crippen LogP contribution in [0.25, 0.3) is 10.9 Å². The molecule has 2 aromatic carbocycles. The van der Waals surface area contributed by atoms with Gasteiger partial charge in [0.25, 0.3) is 0 Å². The number of benzene rings is 2. The van der Waals surface area contributed by atoms with E-state index < -0.39 is 17.8 Å². The van der Waals surface area contributed by atoms with Crippen molar-refractivity contribution in [2.45, 2.75) is 12.6 Å². The smallest absolute Gasteiger partial charge is 0.416 e. The maximum Gasteiger partial charge on any atom is 0.416 e. The summed E-state index contributed by atoms with van der Waals surface area (Å²) >= 11 is 0. The minimum absolute atomic E-state index is 0.0508. The standard InChI is InChI=1S/C26H24F3N5O3/c27-26(28,29)19-2-1-3-20(17-19)31-25(35)34-11-7-18-16-21(4-5-22(18)34)37-24-6-9-30-23(32-24)8-10-33-12-14-36-15-13-33/h1-7,9,11,16-17H,8,10,12-15H2,(H,31,35). The number of halogens is 3. The van der Waals surface area contributed by atoms with Gasteiger partial charge in [-0.15, -0.1) is 0 Å². The molecule has 192 valence electrons. The number of carbonyl (C=O) groups is 1. The topological polar surface area (TPSA) is 81.5 Å². The van der Waals surface area contributed by atoms with Crippen molar-refractivity contribution in [1.82, 2.24) is 19.4 Å². The molecule has 37 heavy (non-hydrogen) atoms. The highest BCUT2D eigenvalue weighted by Gasteiger charge is 2.30. The second-order valence-electron chi connectivity index (χ2n) is 8.53. The minimum Gasteiger partial charge on any atom is -0.439 e. The van der Waals surface area contributed by atoms with Crippen LogP contribution in [0, 0.1) is 0 Å². The Morgan fingerprint density at radius 2 is 1.92 bits per heavy atom. The highest BCUT2D eigenvalue weighted by atomic mass is 19.4. The van der Waals surface area contributed by atoms with Crippen LogP contribution in [-0.4, -0.2) is 58.3 Å². The Morgan fingerprint density at radius 1 is 1.08 bits per heavy atom. The summed E-state index contributed by atoms with van der Waals surface area (Å²) in [6.45, 7) is 4.11. The first-order valence-corrected chi connectivity index (χ1v) is 11.7. The van der Waals surface area contributed by atoms with Crippen molar-refractivity contribution >= 4 is 22.6 Å². The van der Waals surface area contributed by atoms with E-state index in [1.807, 2.05) is 0 Å². The molecule has 0 radical (unpaired) electrons. The quantitative estimate of drug-likeness (QED) is 0.383. The van der Waals surface area contributed by atoms with E-state index in [1.165, 1.54) is 16.7 Å². The third-order valence-electron chi connectivity index (χ3n) is 5.98. The van der Waals surface area contributed by atoms with Gasteiger partial charge < -0.3 is 14.8 Å². The Morgan fingerprint density at radius 3 is 2.73 bits per heavy atom. The van der Waals surface area contributed by atoms with Gasteiger partial charge in [-0.25, -0.2) is 9.78 Å². The lowest BCUT2D eigenvalue weighted by atomic mass is 10.2. The fourth-order valence-electron chi connectivity index (χ4n) is 4.08. The number of alkyl halides is 3. The normalized spacial score (nSPS) is 14.6. The second-order valence-corrected chi connectivity index (χ2v) is 8.53. The highest BCUT2D eigenvalue weighted by Crippen LogP contribution is 2.31. The first-order chi connectivity index (χ1) is 17.8. The molecule has 4 aromatic rings. The number of aromatic nitrogens is 3. The lowest BCUT2D eigenvalue weighted by Gasteiger charge is -2.26. The maximum absolute atomic E-state index is 13.0. The van der Waals surface area contributed by atoms with Gasteiger partial charge in [-0.05, 0) is 42.5 Å². The minimum atomic E-state index is -4.50. The van der Waals surface area contributed by atoms with E-state index in [2.05, 4.69) is 20.2 Å². The molecule has 0 aliphatic carbocycles. The summed E-state index contributed by atoms with van der Waals surface area (Å²) in [7, 11) is 0. The summed E-state index contributed by atoms with van der Waals surface area (Å²) < 4.78 is 51.6. The molecule has 11 heteroatoms. The lowest BCUT2D eigenvalue weighted by Crippen LogP contribution is -2.37. The van der Waals surface area contributed by atoms with E-state index >= 15 is 0 Å². The molecule has 8 nitrogen and oxygen atoms in total. The molecule has 1 fully saturated rings. The van der Waals surface area contributed by atoms with Crippen LogP contribution in [0.15, 0.2) is 67.0 Å². The summed E-state index contributed by atoms with van der Waals surface area (Å²) in [5.74, 6) is 1.62. The second kappa shape index (κ2) is 10.6. The summed E-state index contributed by atoms with van der Waals surface area (Å²) in [6.07, 6.45) is -0.597. The third kappa shape index (κ3) is 6.07. The van der Waals surface area contributed by atoms with Crippen LogP contribution >= 0.6 is 0 Å². The molecular formula is C26H24F3N5O3. The summed E-state index contributed by atoms with van der Waals surface area (Å²) in [5, 5.41) is 3.23. The predicted octanol–water partition coefficient (Wildman–Crippen LogP) is 5.20. The van der Waals surface area contributed by atoms with Gasteiger partial charge in [-0.2, -0.15) is 18.2 Å². The van der Waals surface area contributed by atoms with Gasteiger partial charge in [0.05, 0.1) is 24.3 Å². The Bertz CT molecular complexity index is 1400. The predicted molar refractivity (Wildman–Crippen MR) is 131 cm³/mol. The Balaban J connectivity index is 1.25. The number of fused-ring (bicyclic) bond motifs is 1. The molecule has 3 heterocycles. The monoisotopic (exact) mass is 511 g/mol. The van der Waals surface area contributed by atoms with Gasteiger partial charge >= 0.3 is 12.2 Å². The molecule has 1 aliphatic heterocycles.